The summed E-state index contributed by atoms with van der Waals surface area (Å²) in [6, 6.07) is 10.5. The molecule has 1 N–H and O–H groups in total. The molecule has 1 unspecified atom stereocenters. The van der Waals surface area contributed by atoms with Gasteiger partial charge in [0, 0.05) is 49.2 Å². The minimum absolute atomic E-state index is 0.546. The van der Waals surface area contributed by atoms with Crippen molar-refractivity contribution in [1.29, 1.82) is 0 Å². The third kappa shape index (κ3) is 4.25. The molecule has 0 amide bonds. The molecule has 1 aromatic carbocycles. The van der Waals surface area contributed by atoms with Gasteiger partial charge >= 0.3 is 0 Å². The van der Waals surface area contributed by atoms with Gasteiger partial charge in [-0.25, -0.2) is 9.97 Å². The Balaban J connectivity index is 1.13. The predicted octanol–water partition coefficient (Wildman–Crippen LogP) is 3.31. The Morgan fingerprint density at radius 1 is 1.00 bits per heavy atom. The first-order valence-corrected chi connectivity index (χ1v) is 10.0. The van der Waals surface area contributed by atoms with Crippen molar-refractivity contribution in [2.75, 3.05) is 42.9 Å². The molecule has 0 bridgehead atoms. The van der Waals surface area contributed by atoms with Crippen molar-refractivity contribution >= 4 is 23.4 Å². The molecule has 0 spiro atoms. The molecule has 0 radical (unpaired) electrons. The second-order valence-corrected chi connectivity index (χ2v) is 7.86. The summed E-state index contributed by atoms with van der Waals surface area (Å²) in [6.45, 7) is 5.48. The highest BCUT2D eigenvalue weighted by molar-refractivity contribution is 8.00. The van der Waals surface area contributed by atoms with Gasteiger partial charge in [0.2, 0.25) is 5.95 Å². The molecule has 3 heterocycles. The maximum atomic E-state index is 4.35. The summed E-state index contributed by atoms with van der Waals surface area (Å²) >= 11 is 1.97. The van der Waals surface area contributed by atoms with E-state index in [2.05, 4.69) is 49.4 Å². The Labute approximate surface area is 153 Å². The van der Waals surface area contributed by atoms with Gasteiger partial charge in [-0.15, -0.1) is 0 Å². The van der Waals surface area contributed by atoms with Crippen LogP contribution in [0, 0.1) is 0 Å². The molecule has 2 aliphatic rings. The molecule has 4 rings (SSSR count). The summed E-state index contributed by atoms with van der Waals surface area (Å²) in [7, 11) is 0. The van der Waals surface area contributed by atoms with Gasteiger partial charge in [-0.3, -0.25) is 4.90 Å². The molecule has 1 saturated heterocycles. The highest BCUT2D eigenvalue weighted by Crippen LogP contribution is 2.39. The van der Waals surface area contributed by atoms with Gasteiger partial charge < -0.3 is 10.2 Å². The first-order valence-electron chi connectivity index (χ1n) is 9.15. The van der Waals surface area contributed by atoms with Gasteiger partial charge in [0.25, 0.3) is 0 Å². The number of aromatic nitrogens is 2. The zero-order chi connectivity index (χ0) is 16.9. The minimum Gasteiger partial charge on any atom is -0.372 e. The van der Waals surface area contributed by atoms with Gasteiger partial charge in [0.15, 0.2) is 0 Å². The number of unbranched alkanes of at least 4 members (excludes halogenated alkanes) is 1. The Morgan fingerprint density at radius 3 is 2.60 bits per heavy atom. The molecule has 2 aliphatic heterocycles. The number of rotatable bonds is 6. The minimum atomic E-state index is 0.546. The maximum Gasteiger partial charge on any atom is 0.225 e. The summed E-state index contributed by atoms with van der Waals surface area (Å²) in [5.41, 5.74) is 1.30. The van der Waals surface area contributed by atoms with Crippen LogP contribution in [0.3, 0.4) is 0 Å². The SMILES string of the molecule is c1cnc(N2CCN(CCCCC3Nc4ccccc4S3)CC2)nc1. The number of anilines is 2. The van der Waals surface area contributed by atoms with E-state index in [1.807, 2.05) is 30.2 Å². The van der Waals surface area contributed by atoms with Crippen molar-refractivity contribution in [2.45, 2.75) is 29.5 Å². The number of fused-ring (bicyclic) bond motifs is 1. The zero-order valence-electron chi connectivity index (χ0n) is 14.5. The van der Waals surface area contributed by atoms with E-state index in [4.69, 9.17) is 0 Å². The molecule has 0 saturated carbocycles. The lowest BCUT2D eigenvalue weighted by Gasteiger charge is -2.34. The van der Waals surface area contributed by atoms with Crippen molar-refractivity contribution in [1.82, 2.24) is 14.9 Å². The second kappa shape index (κ2) is 8.06. The molecule has 1 atom stereocenters. The fourth-order valence-corrected chi connectivity index (χ4v) is 4.66. The summed E-state index contributed by atoms with van der Waals surface area (Å²) in [6.07, 6.45) is 7.43. The molecule has 6 heteroatoms. The van der Waals surface area contributed by atoms with Gasteiger partial charge in [-0.1, -0.05) is 23.9 Å². The monoisotopic (exact) mass is 355 g/mol. The number of piperazine rings is 1. The molecule has 1 fully saturated rings. The van der Waals surface area contributed by atoms with Crippen LogP contribution >= 0.6 is 11.8 Å². The number of hydrogen-bond acceptors (Lipinski definition) is 6. The van der Waals surface area contributed by atoms with Crippen LogP contribution in [0.25, 0.3) is 0 Å². The first kappa shape index (κ1) is 16.7. The highest BCUT2D eigenvalue weighted by Gasteiger charge is 2.21. The van der Waals surface area contributed by atoms with Crippen LogP contribution in [0.4, 0.5) is 11.6 Å². The van der Waals surface area contributed by atoms with Crippen LogP contribution in [0.15, 0.2) is 47.6 Å². The number of para-hydroxylation sites is 1. The third-order valence-electron chi connectivity index (χ3n) is 4.87. The Hall–Kier alpha value is -1.79. The highest BCUT2D eigenvalue weighted by atomic mass is 32.2. The van der Waals surface area contributed by atoms with Crippen molar-refractivity contribution in [2.24, 2.45) is 0 Å². The zero-order valence-corrected chi connectivity index (χ0v) is 15.3. The van der Waals surface area contributed by atoms with Crippen molar-refractivity contribution < 1.29 is 0 Å². The number of nitrogens with zero attached hydrogens (tertiary/aromatic N) is 4. The lowest BCUT2D eigenvalue weighted by Crippen LogP contribution is -2.47. The third-order valence-corrected chi connectivity index (χ3v) is 6.12. The number of hydrogen-bond donors (Lipinski definition) is 1. The van der Waals surface area contributed by atoms with Crippen LogP contribution in [-0.2, 0) is 0 Å². The molecular weight excluding hydrogens is 330 g/mol. The van der Waals surface area contributed by atoms with E-state index in [0.29, 0.717) is 5.37 Å². The predicted molar refractivity (Wildman–Crippen MR) is 104 cm³/mol. The second-order valence-electron chi connectivity index (χ2n) is 6.62. The van der Waals surface area contributed by atoms with Crippen LogP contribution < -0.4 is 10.2 Å². The average Bonchev–Trinajstić information content (AvgIpc) is 3.09. The normalized spacial score (nSPS) is 20.3. The van der Waals surface area contributed by atoms with Crippen molar-refractivity contribution in [3.8, 4) is 0 Å². The Morgan fingerprint density at radius 2 is 1.80 bits per heavy atom. The van der Waals surface area contributed by atoms with Crippen molar-refractivity contribution in [3.05, 3.63) is 42.7 Å². The van der Waals surface area contributed by atoms with Gasteiger partial charge in [0.05, 0.1) is 5.37 Å². The van der Waals surface area contributed by atoms with E-state index in [1.165, 1.54) is 36.4 Å². The number of thioether (sulfide) groups is 1. The van der Waals surface area contributed by atoms with E-state index >= 15 is 0 Å². The van der Waals surface area contributed by atoms with Gasteiger partial charge in [-0.05, 0) is 44.0 Å². The van der Waals surface area contributed by atoms with Gasteiger partial charge in [0.1, 0.15) is 0 Å². The molecular formula is C19H25N5S. The topological polar surface area (TPSA) is 44.3 Å². The smallest absolute Gasteiger partial charge is 0.225 e. The van der Waals surface area contributed by atoms with E-state index in [9.17, 15) is 0 Å². The Bertz CT molecular complexity index is 648. The van der Waals surface area contributed by atoms with E-state index < -0.39 is 0 Å². The number of benzene rings is 1. The van der Waals surface area contributed by atoms with Crippen LogP contribution in [-0.4, -0.2) is 53.0 Å². The van der Waals surface area contributed by atoms with Gasteiger partial charge in [-0.2, -0.15) is 0 Å². The average molecular weight is 356 g/mol. The maximum absolute atomic E-state index is 4.35. The molecule has 0 aliphatic carbocycles. The lowest BCUT2D eigenvalue weighted by molar-refractivity contribution is 0.251. The van der Waals surface area contributed by atoms with E-state index in [-0.39, 0.29) is 0 Å². The summed E-state index contributed by atoms with van der Waals surface area (Å²) in [4.78, 5) is 15.0. The largest absolute Gasteiger partial charge is 0.372 e. The summed E-state index contributed by atoms with van der Waals surface area (Å²) in [5, 5.41) is 4.17. The molecule has 25 heavy (non-hydrogen) atoms. The fourth-order valence-electron chi connectivity index (χ4n) is 3.47. The van der Waals surface area contributed by atoms with E-state index in [0.717, 1.165) is 32.1 Å². The Kier molecular flexibility index (Phi) is 5.37. The molecule has 5 nitrogen and oxygen atoms in total. The lowest BCUT2D eigenvalue weighted by atomic mass is 10.2. The van der Waals surface area contributed by atoms with E-state index in [1.54, 1.807) is 0 Å². The quantitative estimate of drug-likeness (QED) is 0.802. The molecule has 132 valence electrons. The summed E-state index contributed by atoms with van der Waals surface area (Å²) < 4.78 is 0. The van der Waals surface area contributed by atoms with Crippen LogP contribution in [0.5, 0.6) is 0 Å². The summed E-state index contributed by atoms with van der Waals surface area (Å²) in [5.74, 6) is 0.867. The van der Waals surface area contributed by atoms with Crippen molar-refractivity contribution in [3.63, 3.8) is 0 Å². The van der Waals surface area contributed by atoms with Crippen LogP contribution in [0.2, 0.25) is 0 Å². The number of nitrogens with one attached hydrogen (secondary N) is 1. The molecule has 1 aromatic heterocycles. The van der Waals surface area contributed by atoms with Crippen LogP contribution in [0.1, 0.15) is 19.3 Å². The molecule has 2 aromatic rings. The standard InChI is InChI=1S/C19H25N5S/c1-2-7-17-16(6-1)22-18(25-17)8-3-4-11-23-12-14-24(15-13-23)19-20-9-5-10-21-19/h1-2,5-7,9-10,18,22H,3-4,8,11-15H2. The first-order chi connectivity index (χ1) is 12.4. The fraction of sp³-hybridized carbons (Fsp3) is 0.474.